The molecule has 0 aliphatic rings. The molecular weight excluding hydrogens is 228 g/mol. The van der Waals surface area contributed by atoms with Gasteiger partial charge in [-0.15, -0.1) is 11.3 Å². The van der Waals surface area contributed by atoms with E-state index in [1.807, 2.05) is 13.0 Å². The van der Waals surface area contributed by atoms with Crippen LogP contribution in [0.5, 0.6) is 0 Å². The van der Waals surface area contributed by atoms with Crippen LogP contribution in [-0.4, -0.2) is 5.78 Å². The summed E-state index contributed by atoms with van der Waals surface area (Å²) >= 11 is 7.47. The van der Waals surface area contributed by atoms with Crippen LogP contribution < -0.4 is 0 Å². The number of halogens is 1. The van der Waals surface area contributed by atoms with Crippen LogP contribution in [0.2, 0.25) is 5.02 Å². The van der Waals surface area contributed by atoms with Crippen LogP contribution in [0, 0.1) is 6.92 Å². The molecule has 0 aromatic carbocycles. The molecule has 3 heteroatoms. The molecule has 0 spiro atoms. The topological polar surface area (TPSA) is 17.1 Å². The third kappa shape index (κ3) is 3.96. The molecule has 1 rings (SSSR count). The maximum absolute atomic E-state index is 11.8. The monoisotopic (exact) mass is 244 g/mol. The highest BCUT2D eigenvalue weighted by Gasteiger charge is 2.12. The predicted octanol–water partition coefficient (Wildman–Crippen LogP) is 4.86. The fourth-order valence-corrected chi connectivity index (χ4v) is 2.82. The van der Waals surface area contributed by atoms with Crippen molar-refractivity contribution in [3.8, 4) is 0 Å². The third-order valence-corrected chi connectivity index (χ3v) is 3.82. The van der Waals surface area contributed by atoms with Crippen molar-refractivity contribution in [2.24, 2.45) is 0 Å². The summed E-state index contributed by atoms with van der Waals surface area (Å²) in [7, 11) is 0. The summed E-state index contributed by atoms with van der Waals surface area (Å²) in [6.07, 6.45) is 5.18. The maximum atomic E-state index is 11.8. The molecule has 0 fully saturated rings. The molecule has 0 amide bonds. The summed E-state index contributed by atoms with van der Waals surface area (Å²) in [5.74, 6) is 0.203. The van der Waals surface area contributed by atoms with Gasteiger partial charge in [0.1, 0.15) is 0 Å². The van der Waals surface area contributed by atoms with E-state index >= 15 is 0 Å². The van der Waals surface area contributed by atoms with Gasteiger partial charge in [0.05, 0.1) is 9.90 Å². The first-order valence-electron chi connectivity index (χ1n) is 5.44. The minimum atomic E-state index is 0.203. The fraction of sp³-hybridized carbons (Fsp3) is 0.583. The van der Waals surface area contributed by atoms with Gasteiger partial charge in [-0.05, 0) is 19.4 Å². The van der Waals surface area contributed by atoms with E-state index < -0.39 is 0 Å². The van der Waals surface area contributed by atoms with Crippen LogP contribution in [0.25, 0.3) is 0 Å². The fourth-order valence-electron chi connectivity index (χ4n) is 1.50. The molecule has 1 aromatic heterocycles. The van der Waals surface area contributed by atoms with Crippen LogP contribution >= 0.6 is 22.9 Å². The molecule has 15 heavy (non-hydrogen) atoms. The average molecular weight is 245 g/mol. The Hall–Kier alpha value is -0.340. The van der Waals surface area contributed by atoms with Crippen molar-refractivity contribution < 1.29 is 4.79 Å². The van der Waals surface area contributed by atoms with Crippen molar-refractivity contribution in [3.05, 3.63) is 20.8 Å². The second kappa shape index (κ2) is 6.29. The SMILES string of the molecule is CCCCCCC(=O)c1sc(C)cc1Cl. The van der Waals surface area contributed by atoms with Gasteiger partial charge in [-0.3, -0.25) is 4.79 Å². The van der Waals surface area contributed by atoms with E-state index in [0.717, 1.165) is 22.6 Å². The maximum Gasteiger partial charge on any atom is 0.174 e. The van der Waals surface area contributed by atoms with Crippen molar-refractivity contribution in [1.82, 2.24) is 0 Å². The molecule has 0 N–H and O–H groups in total. The van der Waals surface area contributed by atoms with Crippen molar-refractivity contribution in [2.75, 3.05) is 0 Å². The van der Waals surface area contributed by atoms with E-state index in [-0.39, 0.29) is 5.78 Å². The van der Waals surface area contributed by atoms with Gasteiger partial charge in [0, 0.05) is 11.3 Å². The number of carbonyl (C=O) groups is 1. The lowest BCUT2D eigenvalue weighted by Crippen LogP contribution is -1.96. The molecule has 0 unspecified atom stereocenters. The Balaban J connectivity index is 2.43. The minimum absolute atomic E-state index is 0.203. The molecule has 0 aliphatic carbocycles. The summed E-state index contributed by atoms with van der Waals surface area (Å²) in [4.78, 5) is 13.6. The van der Waals surface area contributed by atoms with Gasteiger partial charge in [-0.25, -0.2) is 0 Å². The first-order valence-corrected chi connectivity index (χ1v) is 6.63. The van der Waals surface area contributed by atoms with Crippen LogP contribution in [0.3, 0.4) is 0 Å². The number of hydrogen-bond acceptors (Lipinski definition) is 2. The lowest BCUT2D eigenvalue weighted by Gasteiger charge is -1.98. The highest BCUT2D eigenvalue weighted by Crippen LogP contribution is 2.28. The van der Waals surface area contributed by atoms with Gasteiger partial charge >= 0.3 is 0 Å². The van der Waals surface area contributed by atoms with Crippen molar-refractivity contribution in [2.45, 2.75) is 46.0 Å². The third-order valence-electron chi connectivity index (χ3n) is 2.32. The summed E-state index contributed by atoms with van der Waals surface area (Å²) in [6.45, 7) is 4.14. The molecular formula is C12H17ClOS. The standard InChI is InChI=1S/C12H17ClOS/c1-3-4-5-6-7-11(14)12-10(13)8-9(2)15-12/h8H,3-7H2,1-2H3. The van der Waals surface area contributed by atoms with Crippen molar-refractivity contribution >= 4 is 28.7 Å². The molecule has 1 heterocycles. The Kier molecular flexibility index (Phi) is 5.34. The molecule has 0 aliphatic heterocycles. The Labute approximate surface area is 100 Å². The van der Waals surface area contributed by atoms with E-state index in [9.17, 15) is 4.79 Å². The largest absolute Gasteiger partial charge is 0.293 e. The van der Waals surface area contributed by atoms with E-state index in [0.29, 0.717) is 11.4 Å². The van der Waals surface area contributed by atoms with Gasteiger partial charge in [0.15, 0.2) is 5.78 Å². The lowest BCUT2D eigenvalue weighted by molar-refractivity contribution is 0.0983. The number of hydrogen-bond donors (Lipinski definition) is 0. The number of Topliss-reactive ketones (excluding diaryl/α,β-unsaturated/α-hetero) is 1. The van der Waals surface area contributed by atoms with E-state index in [4.69, 9.17) is 11.6 Å². The van der Waals surface area contributed by atoms with Crippen LogP contribution in [0.1, 0.15) is 53.6 Å². The first kappa shape index (κ1) is 12.7. The van der Waals surface area contributed by atoms with Crippen LogP contribution in [0.4, 0.5) is 0 Å². The summed E-state index contributed by atoms with van der Waals surface area (Å²) in [5.41, 5.74) is 0. The molecule has 84 valence electrons. The van der Waals surface area contributed by atoms with E-state index in [2.05, 4.69) is 6.92 Å². The predicted molar refractivity (Wildman–Crippen MR) is 67.2 cm³/mol. The number of carbonyl (C=O) groups excluding carboxylic acids is 1. The van der Waals surface area contributed by atoms with Crippen molar-refractivity contribution in [1.29, 1.82) is 0 Å². The van der Waals surface area contributed by atoms with Gasteiger partial charge in [-0.1, -0.05) is 37.8 Å². The normalized spacial score (nSPS) is 10.6. The highest BCUT2D eigenvalue weighted by molar-refractivity contribution is 7.14. The average Bonchev–Trinajstić information content (AvgIpc) is 2.52. The second-order valence-electron chi connectivity index (χ2n) is 3.77. The Morgan fingerprint density at radius 1 is 1.40 bits per heavy atom. The quantitative estimate of drug-likeness (QED) is 0.516. The number of ketones is 1. The first-order chi connectivity index (χ1) is 7.15. The Bertz CT molecular complexity index is 330. The van der Waals surface area contributed by atoms with Crippen LogP contribution in [-0.2, 0) is 0 Å². The lowest BCUT2D eigenvalue weighted by atomic mass is 10.1. The van der Waals surface area contributed by atoms with Crippen molar-refractivity contribution in [3.63, 3.8) is 0 Å². The number of aryl methyl sites for hydroxylation is 1. The van der Waals surface area contributed by atoms with Gasteiger partial charge in [0.25, 0.3) is 0 Å². The molecule has 0 saturated heterocycles. The minimum Gasteiger partial charge on any atom is -0.293 e. The van der Waals surface area contributed by atoms with Crippen LogP contribution in [0.15, 0.2) is 6.07 Å². The number of rotatable bonds is 6. The summed E-state index contributed by atoms with van der Waals surface area (Å²) < 4.78 is 0. The second-order valence-corrected chi connectivity index (χ2v) is 5.43. The number of thiophene rings is 1. The summed E-state index contributed by atoms with van der Waals surface area (Å²) in [5, 5.41) is 0.623. The van der Waals surface area contributed by atoms with Gasteiger partial charge < -0.3 is 0 Å². The van der Waals surface area contributed by atoms with E-state index in [1.54, 1.807) is 0 Å². The zero-order valence-electron chi connectivity index (χ0n) is 9.31. The smallest absolute Gasteiger partial charge is 0.174 e. The number of unbranched alkanes of at least 4 members (excludes halogenated alkanes) is 3. The Morgan fingerprint density at radius 3 is 2.67 bits per heavy atom. The molecule has 0 bridgehead atoms. The highest BCUT2D eigenvalue weighted by atomic mass is 35.5. The molecule has 1 nitrogen and oxygen atoms in total. The molecule has 1 aromatic rings. The zero-order valence-corrected chi connectivity index (χ0v) is 10.9. The molecule has 0 radical (unpaired) electrons. The zero-order chi connectivity index (χ0) is 11.3. The van der Waals surface area contributed by atoms with Gasteiger partial charge in [0.2, 0.25) is 0 Å². The molecule has 0 atom stereocenters. The summed E-state index contributed by atoms with van der Waals surface area (Å²) in [6, 6.07) is 1.87. The van der Waals surface area contributed by atoms with Gasteiger partial charge in [-0.2, -0.15) is 0 Å². The molecule has 0 saturated carbocycles. The van der Waals surface area contributed by atoms with E-state index in [1.165, 1.54) is 24.2 Å². The Morgan fingerprint density at radius 2 is 2.13 bits per heavy atom.